The molecule has 1 fully saturated rings. The maximum Gasteiger partial charge on any atom is 0.273 e. The molecule has 1 aliphatic rings. The van der Waals surface area contributed by atoms with Crippen molar-refractivity contribution in [2.75, 3.05) is 13.1 Å². The van der Waals surface area contributed by atoms with Crippen LogP contribution in [0.5, 0.6) is 0 Å². The van der Waals surface area contributed by atoms with Crippen LogP contribution in [0.2, 0.25) is 0 Å². The first-order valence-electron chi connectivity index (χ1n) is 6.21. The number of carbonyl (C=O) groups is 1. The van der Waals surface area contributed by atoms with Crippen LogP contribution in [0.3, 0.4) is 0 Å². The minimum atomic E-state index is -0.0119. The molecule has 1 saturated heterocycles. The molecule has 3 heterocycles. The van der Waals surface area contributed by atoms with Crippen LogP contribution < -0.4 is 0 Å². The summed E-state index contributed by atoms with van der Waals surface area (Å²) in [7, 11) is 0. The summed E-state index contributed by atoms with van der Waals surface area (Å²) in [6.07, 6.45) is 1.92. The van der Waals surface area contributed by atoms with Gasteiger partial charge >= 0.3 is 0 Å². The van der Waals surface area contributed by atoms with Crippen molar-refractivity contribution >= 4 is 17.2 Å². The Morgan fingerprint density at radius 2 is 2.47 bits per heavy atom. The van der Waals surface area contributed by atoms with Gasteiger partial charge in [0.1, 0.15) is 5.69 Å². The number of thiazole rings is 1. The molecule has 0 N–H and O–H groups in total. The van der Waals surface area contributed by atoms with E-state index in [0.29, 0.717) is 24.0 Å². The van der Waals surface area contributed by atoms with E-state index in [2.05, 4.69) is 15.1 Å². The van der Waals surface area contributed by atoms with Crippen molar-refractivity contribution in [1.29, 1.82) is 0 Å². The summed E-state index contributed by atoms with van der Waals surface area (Å²) < 4.78 is 5.21. The van der Waals surface area contributed by atoms with Crippen molar-refractivity contribution in [1.82, 2.24) is 20.0 Å². The number of piperidine rings is 1. The lowest BCUT2D eigenvalue weighted by Crippen LogP contribution is -2.39. The summed E-state index contributed by atoms with van der Waals surface area (Å²) in [5, 5.41) is 5.59. The summed E-state index contributed by atoms with van der Waals surface area (Å²) in [5.74, 6) is 1.39. The lowest BCUT2D eigenvalue weighted by molar-refractivity contribution is 0.0690. The maximum absolute atomic E-state index is 12.2. The number of hydrogen-bond acceptors (Lipinski definition) is 6. The smallest absolute Gasteiger partial charge is 0.273 e. The molecule has 3 rings (SSSR count). The highest BCUT2D eigenvalue weighted by Gasteiger charge is 2.29. The van der Waals surface area contributed by atoms with E-state index >= 15 is 0 Å². The highest BCUT2D eigenvalue weighted by Crippen LogP contribution is 2.26. The molecule has 1 atom stereocenters. The fraction of sp³-hybridized carbons (Fsp3) is 0.500. The molecule has 2 aromatic heterocycles. The summed E-state index contributed by atoms with van der Waals surface area (Å²) in [5.41, 5.74) is 2.20. The summed E-state index contributed by atoms with van der Waals surface area (Å²) in [6, 6.07) is 0. The Bertz CT molecular complexity index is 566. The number of likely N-dealkylation sites (tertiary alicyclic amines) is 1. The third-order valence-electron chi connectivity index (χ3n) is 3.25. The van der Waals surface area contributed by atoms with E-state index < -0.39 is 0 Å². The van der Waals surface area contributed by atoms with Gasteiger partial charge in [0, 0.05) is 18.5 Å². The zero-order chi connectivity index (χ0) is 13.2. The maximum atomic E-state index is 12.2. The van der Waals surface area contributed by atoms with Crippen molar-refractivity contribution in [2.24, 2.45) is 0 Å². The van der Waals surface area contributed by atoms with Crippen LogP contribution >= 0.6 is 11.3 Å². The van der Waals surface area contributed by atoms with Gasteiger partial charge in [-0.05, 0) is 19.8 Å². The van der Waals surface area contributed by atoms with Gasteiger partial charge in [0.2, 0.25) is 5.89 Å². The van der Waals surface area contributed by atoms with Gasteiger partial charge in [-0.1, -0.05) is 5.16 Å². The second-order valence-electron chi connectivity index (χ2n) is 4.64. The number of aryl methyl sites for hydroxylation is 1. The summed E-state index contributed by atoms with van der Waals surface area (Å²) in [4.78, 5) is 22.4. The van der Waals surface area contributed by atoms with Gasteiger partial charge in [0.25, 0.3) is 5.91 Å². The second-order valence-corrected chi connectivity index (χ2v) is 5.36. The Labute approximate surface area is 114 Å². The van der Waals surface area contributed by atoms with Crippen LogP contribution in [0, 0.1) is 6.92 Å². The average Bonchev–Trinajstić information content (AvgIpc) is 3.09. The van der Waals surface area contributed by atoms with E-state index in [1.807, 2.05) is 4.90 Å². The van der Waals surface area contributed by atoms with Crippen LogP contribution in [0.15, 0.2) is 15.4 Å². The predicted molar refractivity (Wildman–Crippen MR) is 69.0 cm³/mol. The van der Waals surface area contributed by atoms with Crippen LogP contribution in [-0.2, 0) is 0 Å². The first-order valence-corrected chi connectivity index (χ1v) is 7.16. The van der Waals surface area contributed by atoms with Crippen LogP contribution in [0.1, 0.15) is 41.0 Å². The van der Waals surface area contributed by atoms with Crippen LogP contribution in [0.25, 0.3) is 0 Å². The molecule has 0 radical (unpaired) electrons. The molecule has 6 nitrogen and oxygen atoms in total. The molecule has 1 aliphatic heterocycles. The Morgan fingerprint density at radius 3 is 3.16 bits per heavy atom. The topological polar surface area (TPSA) is 72.1 Å². The fourth-order valence-electron chi connectivity index (χ4n) is 2.32. The van der Waals surface area contributed by atoms with Crippen LogP contribution in [-0.4, -0.2) is 39.0 Å². The molecule has 0 aliphatic carbocycles. The molecular weight excluding hydrogens is 264 g/mol. The van der Waals surface area contributed by atoms with E-state index in [4.69, 9.17) is 4.52 Å². The third-order valence-corrected chi connectivity index (χ3v) is 3.84. The van der Waals surface area contributed by atoms with Crippen molar-refractivity contribution < 1.29 is 9.32 Å². The highest BCUT2D eigenvalue weighted by molar-refractivity contribution is 7.07. The van der Waals surface area contributed by atoms with Crippen LogP contribution in [0.4, 0.5) is 0 Å². The molecule has 0 saturated carbocycles. The lowest BCUT2D eigenvalue weighted by Gasteiger charge is -2.30. The van der Waals surface area contributed by atoms with Gasteiger partial charge in [-0.2, -0.15) is 4.98 Å². The number of amides is 1. The molecule has 0 bridgehead atoms. The Hall–Kier alpha value is -1.76. The first-order chi connectivity index (χ1) is 9.24. The Balaban J connectivity index is 1.73. The average molecular weight is 278 g/mol. The lowest BCUT2D eigenvalue weighted by atomic mass is 9.98. The molecule has 0 spiro atoms. The Morgan fingerprint density at radius 1 is 1.58 bits per heavy atom. The number of carbonyl (C=O) groups excluding carboxylic acids is 1. The highest BCUT2D eigenvalue weighted by atomic mass is 32.1. The van der Waals surface area contributed by atoms with Crippen molar-refractivity contribution in [3.8, 4) is 0 Å². The Kier molecular flexibility index (Phi) is 3.29. The molecule has 1 amide bonds. The molecule has 19 heavy (non-hydrogen) atoms. The van der Waals surface area contributed by atoms with Crippen molar-refractivity contribution in [2.45, 2.75) is 25.7 Å². The molecule has 0 aromatic carbocycles. The number of rotatable bonds is 2. The molecule has 2 aromatic rings. The zero-order valence-electron chi connectivity index (χ0n) is 10.6. The number of nitrogens with zero attached hydrogens (tertiary/aromatic N) is 4. The molecule has 0 unspecified atom stereocenters. The minimum Gasteiger partial charge on any atom is -0.339 e. The third kappa shape index (κ3) is 2.51. The fourth-order valence-corrected chi connectivity index (χ4v) is 2.85. The second kappa shape index (κ2) is 5.08. The van der Waals surface area contributed by atoms with Gasteiger partial charge < -0.3 is 9.42 Å². The van der Waals surface area contributed by atoms with Crippen molar-refractivity contribution in [3.63, 3.8) is 0 Å². The zero-order valence-corrected chi connectivity index (χ0v) is 11.4. The van der Waals surface area contributed by atoms with Gasteiger partial charge in [0.15, 0.2) is 5.82 Å². The van der Waals surface area contributed by atoms with Gasteiger partial charge in [-0.25, -0.2) is 4.98 Å². The van der Waals surface area contributed by atoms with E-state index in [0.717, 1.165) is 19.4 Å². The van der Waals surface area contributed by atoms with E-state index in [1.165, 1.54) is 11.3 Å². The molecule has 100 valence electrons. The van der Waals surface area contributed by atoms with Crippen molar-refractivity contribution in [3.05, 3.63) is 28.3 Å². The monoisotopic (exact) mass is 278 g/mol. The van der Waals surface area contributed by atoms with E-state index in [1.54, 1.807) is 17.8 Å². The summed E-state index contributed by atoms with van der Waals surface area (Å²) in [6.45, 7) is 3.19. The quantitative estimate of drug-likeness (QED) is 0.838. The van der Waals surface area contributed by atoms with E-state index in [9.17, 15) is 4.79 Å². The largest absolute Gasteiger partial charge is 0.339 e. The number of aromatic nitrogens is 3. The van der Waals surface area contributed by atoms with E-state index in [-0.39, 0.29) is 11.8 Å². The van der Waals surface area contributed by atoms with Gasteiger partial charge in [-0.3, -0.25) is 4.79 Å². The molecular formula is C12H14N4O2S. The van der Waals surface area contributed by atoms with Gasteiger partial charge in [0.05, 0.1) is 11.4 Å². The molecule has 7 heteroatoms. The normalized spacial score (nSPS) is 19.6. The predicted octanol–water partition coefficient (Wildman–Crippen LogP) is 1.85. The van der Waals surface area contributed by atoms with Gasteiger partial charge in [-0.15, -0.1) is 11.3 Å². The summed E-state index contributed by atoms with van der Waals surface area (Å²) >= 11 is 1.43. The number of hydrogen-bond donors (Lipinski definition) is 0. The first kappa shape index (κ1) is 12.3. The SMILES string of the molecule is Cc1noc([C@H]2CCCN(C(=O)c3cscn3)C2)n1. The minimum absolute atomic E-state index is 0.0119. The standard InChI is InChI=1S/C12H14N4O2S/c1-8-14-11(18-15-8)9-3-2-4-16(5-9)12(17)10-6-19-7-13-10/h6-7,9H,2-5H2,1H3/t9-/m0/s1.